The molecular formula is C16H17N3O3. The molecule has 2 N–H and O–H groups in total. The molecule has 0 spiro atoms. The number of nitrogens with one attached hydrogen (secondary N) is 2. The Morgan fingerprint density at radius 3 is 3.05 bits per heavy atom. The molecule has 1 saturated heterocycles. The van der Waals surface area contributed by atoms with Crippen molar-refractivity contribution in [3.8, 4) is 11.5 Å². The van der Waals surface area contributed by atoms with E-state index in [-0.39, 0.29) is 18.9 Å². The topological polar surface area (TPSA) is 66.6 Å². The number of nitrogens with zero attached hydrogens (tertiary/aromatic N) is 1. The summed E-state index contributed by atoms with van der Waals surface area (Å²) in [5, 5.41) is 2.94. The number of amides is 2. The number of benzene rings is 1. The lowest BCUT2D eigenvalue weighted by Gasteiger charge is -2.24. The molecule has 1 aromatic heterocycles. The van der Waals surface area contributed by atoms with Crippen molar-refractivity contribution in [1.82, 2.24) is 9.88 Å². The summed E-state index contributed by atoms with van der Waals surface area (Å²) in [6.07, 6.45) is 3.88. The van der Waals surface area contributed by atoms with Crippen molar-refractivity contribution in [1.29, 1.82) is 0 Å². The molecule has 114 valence electrons. The number of hydrogen-bond acceptors (Lipinski definition) is 3. The van der Waals surface area contributed by atoms with Gasteiger partial charge in [-0.15, -0.1) is 0 Å². The van der Waals surface area contributed by atoms with Gasteiger partial charge < -0.3 is 24.7 Å². The van der Waals surface area contributed by atoms with Gasteiger partial charge >= 0.3 is 6.03 Å². The van der Waals surface area contributed by atoms with Crippen LogP contribution in [-0.4, -0.2) is 29.3 Å². The fourth-order valence-corrected chi connectivity index (χ4v) is 3.05. The second-order valence-electron chi connectivity index (χ2n) is 5.48. The molecule has 1 fully saturated rings. The van der Waals surface area contributed by atoms with Gasteiger partial charge in [0.2, 0.25) is 6.79 Å². The monoisotopic (exact) mass is 299 g/mol. The Morgan fingerprint density at radius 2 is 2.18 bits per heavy atom. The number of carbonyl (C=O) groups is 1. The highest BCUT2D eigenvalue weighted by Crippen LogP contribution is 2.35. The van der Waals surface area contributed by atoms with Crippen molar-refractivity contribution in [2.24, 2.45) is 0 Å². The summed E-state index contributed by atoms with van der Waals surface area (Å²) in [4.78, 5) is 17.6. The number of likely N-dealkylation sites (tertiary alicyclic amines) is 1. The Morgan fingerprint density at radius 1 is 1.27 bits per heavy atom. The number of rotatable bonds is 2. The van der Waals surface area contributed by atoms with Crippen LogP contribution in [-0.2, 0) is 0 Å². The van der Waals surface area contributed by atoms with Crippen molar-refractivity contribution in [3.63, 3.8) is 0 Å². The smallest absolute Gasteiger partial charge is 0.322 e. The van der Waals surface area contributed by atoms with E-state index in [1.54, 1.807) is 6.07 Å². The standard InChI is InChI=1S/C16H17N3O3/c20-16(18-11-5-6-14-15(9-11)22-10-21-14)19-8-2-4-13(19)12-3-1-7-17-12/h1,3,5-7,9,13,17H,2,4,8,10H2,(H,18,20). The van der Waals surface area contributed by atoms with Crippen LogP contribution in [0.2, 0.25) is 0 Å². The second-order valence-corrected chi connectivity index (χ2v) is 5.48. The minimum absolute atomic E-state index is 0.0871. The van der Waals surface area contributed by atoms with Crippen LogP contribution in [0.4, 0.5) is 10.5 Å². The van der Waals surface area contributed by atoms with E-state index in [4.69, 9.17) is 9.47 Å². The Kier molecular flexibility index (Phi) is 3.14. The lowest BCUT2D eigenvalue weighted by Crippen LogP contribution is -2.34. The van der Waals surface area contributed by atoms with Crippen LogP contribution >= 0.6 is 0 Å². The zero-order valence-electron chi connectivity index (χ0n) is 12.0. The zero-order valence-corrected chi connectivity index (χ0v) is 12.0. The normalized spacial score (nSPS) is 19.5. The molecule has 1 unspecified atom stereocenters. The first-order valence-electron chi connectivity index (χ1n) is 7.42. The van der Waals surface area contributed by atoms with E-state index in [1.165, 1.54) is 0 Å². The summed E-state index contributed by atoms with van der Waals surface area (Å²) in [5.41, 5.74) is 1.80. The first kappa shape index (κ1) is 13.1. The Hall–Kier alpha value is -2.63. The summed E-state index contributed by atoms with van der Waals surface area (Å²) in [6.45, 7) is 0.994. The number of urea groups is 1. The molecule has 0 saturated carbocycles. The largest absolute Gasteiger partial charge is 0.454 e. The summed E-state index contributed by atoms with van der Waals surface area (Å²) in [6, 6.07) is 9.44. The average molecular weight is 299 g/mol. The van der Waals surface area contributed by atoms with E-state index < -0.39 is 0 Å². The van der Waals surface area contributed by atoms with Crippen LogP contribution < -0.4 is 14.8 Å². The highest BCUT2D eigenvalue weighted by molar-refractivity contribution is 5.90. The SMILES string of the molecule is O=C(Nc1ccc2c(c1)OCO2)N1CCCC1c1ccc[nH]1. The van der Waals surface area contributed by atoms with Gasteiger partial charge in [0.1, 0.15) is 0 Å². The average Bonchev–Trinajstić information content (AvgIpc) is 3.26. The van der Waals surface area contributed by atoms with Crippen LogP contribution in [0.1, 0.15) is 24.6 Å². The molecular weight excluding hydrogens is 282 g/mol. The Labute approximate surface area is 128 Å². The number of anilines is 1. The molecule has 22 heavy (non-hydrogen) atoms. The summed E-state index contributed by atoms with van der Waals surface area (Å²) in [5.74, 6) is 1.38. The molecule has 2 aliphatic rings. The third-order valence-corrected chi connectivity index (χ3v) is 4.12. The third kappa shape index (κ3) is 2.26. The Bertz CT molecular complexity index is 684. The zero-order chi connectivity index (χ0) is 14.9. The number of H-pyrrole nitrogens is 1. The van der Waals surface area contributed by atoms with Gasteiger partial charge in [0.25, 0.3) is 0 Å². The maximum Gasteiger partial charge on any atom is 0.322 e. The fourth-order valence-electron chi connectivity index (χ4n) is 3.05. The number of aromatic amines is 1. The molecule has 6 heteroatoms. The van der Waals surface area contributed by atoms with Crippen LogP contribution in [0.3, 0.4) is 0 Å². The van der Waals surface area contributed by atoms with Crippen molar-refractivity contribution in [2.75, 3.05) is 18.7 Å². The lowest BCUT2D eigenvalue weighted by molar-refractivity contribution is 0.174. The molecule has 3 heterocycles. The van der Waals surface area contributed by atoms with Crippen LogP contribution in [0.25, 0.3) is 0 Å². The maximum atomic E-state index is 12.5. The van der Waals surface area contributed by atoms with Crippen LogP contribution in [0.5, 0.6) is 11.5 Å². The van der Waals surface area contributed by atoms with Gasteiger partial charge in [-0.1, -0.05) is 0 Å². The summed E-state index contributed by atoms with van der Waals surface area (Å²) < 4.78 is 10.6. The molecule has 0 radical (unpaired) electrons. The molecule has 6 nitrogen and oxygen atoms in total. The van der Waals surface area contributed by atoms with Gasteiger partial charge in [0, 0.05) is 30.2 Å². The van der Waals surface area contributed by atoms with Gasteiger partial charge in [0.15, 0.2) is 11.5 Å². The lowest BCUT2D eigenvalue weighted by atomic mass is 10.1. The van der Waals surface area contributed by atoms with Crippen molar-refractivity contribution in [2.45, 2.75) is 18.9 Å². The molecule has 2 amide bonds. The van der Waals surface area contributed by atoms with E-state index in [0.29, 0.717) is 17.2 Å². The van der Waals surface area contributed by atoms with E-state index in [2.05, 4.69) is 10.3 Å². The number of hydrogen-bond donors (Lipinski definition) is 2. The van der Waals surface area contributed by atoms with E-state index in [9.17, 15) is 4.79 Å². The first-order chi connectivity index (χ1) is 10.8. The van der Waals surface area contributed by atoms with E-state index in [0.717, 1.165) is 25.1 Å². The van der Waals surface area contributed by atoms with Gasteiger partial charge in [-0.25, -0.2) is 4.79 Å². The quantitative estimate of drug-likeness (QED) is 0.895. The summed E-state index contributed by atoms with van der Waals surface area (Å²) in [7, 11) is 0. The molecule has 1 atom stereocenters. The van der Waals surface area contributed by atoms with Crippen molar-refractivity contribution in [3.05, 3.63) is 42.2 Å². The Balaban J connectivity index is 1.49. The van der Waals surface area contributed by atoms with Crippen molar-refractivity contribution < 1.29 is 14.3 Å². The summed E-state index contributed by atoms with van der Waals surface area (Å²) >= 11 is 0. The van der Waals surface area contributed by atoms with Crippen LogP contribution in [0, 0.1) is 0 Å². The molecule has 0 bridgehead atoms. The third-order valence-electron chi connectivity index (χ3n) is 4.12. The number of aromatic nitrogens is 1. The first-order valence-corrected chi connectivity index (χ1v) is 7.42. The number of ether oxygens (including phenoxy) is 2. The molecule has 2 aliphatic heterocycles. The highest BCUT2D eigenvalue weighted by atomic mass is 16.7. The fraction of sp³-hybridized carbons (Fsp3) is 0.312. The minimum Gasteiger partial charge on any atom is -0.454 e. The molecule has 1 aromatic carbocycles. The minimum atomic E-state index is -0.0871. The maximum absolute atomic E-state index is 12.5. The van der Waals surface area contributed by atoms with Gasteiger partial charge in [-0.05, 0) is 37.1 Å². The second kappa shape index (κ2) is 5.29. The van der Waals surface area contributed by atoms with Gasteiger partial charge in [-0.3, -0.25) is 0 Å². The van der Waals surface area contributed by atoms with Gasteiger partial charge in [0.05, 0.1) is 6.04 Å². The number of fused-ring (bicyclic) bond motifs is 1. The van der Waals surface area contributed by atoms with Gasteiger partial charge in [-0.2, -0.15) is 0 Å². The predicted octanol–water partition coefficient (Wildman–Crippen LogP) is 3.11. The van der Waals surface area contributed by atoms with Crippen LogP contribution in [0.15, 0.2) is 36.5 Å². The van der Waals surface area contributed by atoms with E-state index >= 15 is 0 Å². The van der Waals surface area contributed by atoms with Crippen molar-refractivity contribution >= 4 is 11.7 Å². The van der Waals surface area contributed by atoms with E-state index in [1.807, 2.05) is 35.4 Å². The highest BCUT2D eigenvalue weighted by Gasteiger charge is 2.30. The molecule has 0 aliphatic carbocycles. The molecule has 4 rings (SSSR count). The number of carbonyl (C=O) groups excluding carboxylic acids is 1. The molecule has 2 aromatic rings. The predicted molar refractivity (Wildman–Crippen MR) is 81.1 cm³/mol.